The predicted octanol–water partition coefficient (Wildman–Crippen LogP) is 5.18. The molecule has 2 aromatic heterocycles. The standard InChI is InChI=1S/C26H22Cl2F2N4O3/c1-3-37-26(36)16-13-32(2)20-12-31-24-15(21(20)25(16)35)11-19(22(28)23(24)30)34-8-6-33(7-9-34)14-4-5-18(29)17(27)10-14/h4-5,10-13H,3,6-9H2,1-2H3. The van der Waals surface area contributed by atoms with Crippen LogP contribution in [0.15, 0.2) is 41.5 Å². The largest absolute Gasteiger partial charge is 0.462 e. The zero-order chi connectivity index (χ0) is 26.4. The van der Waals surface area contributed by atoms with Crippen LogP contribution in [-0.4, -0.2) is 48.3 Å². The summed E-state index contributed by atoms with van der Waals surface area (Å²) in [5, 5.41) is 0.363. The number of aryl methyl sites for hydroxylation is 1. The van der Waals surface area contributed by atoms with Crippen LogP contribution in [0, 0.1) is 11.6 Å². The van der Waals surface area contributed by atoms with Crippen molar-refractivity contribution in [3.8, 4) is 0 Å². The van der Waals surface area contributed by atoms with Gasteiger partial charge in [-0.25, -0.2) is 13.6 Å². The molecule has 0 saturated carbocycles. The monoisotopic (exact) mass is 546 g/mol. The lowest BCUT2D eigenvalue weighted by Gasteiger charge is -2.38. The molecule has 0 amide bonds. The first-order valence-electron chi connectivity index (χ1n) is 11.6. The minimum Gasteiger partial charge on any atom is -0.462 e. The number of rotatable bonds is 4. The average molecular weight is 547 g/mol. The number of nitrogens with zero attached hydrogens (tertiary/aromatic N) is 4. The molecule has 192 valence electrons. The van der Waals surface area contributed by atoms with E-state index in [1.165, 1.54) is 18.5 Å². The van der Waals surface area contributed by atoms with Crippen LogP contribution in [0.3, 0.4) is 0 Å². The summed E-state index contributed by atoms with van der Waals surface area (Å²) in [5.74, 6) is -1.98. The molecule has 1 aliphatic heterocycles. The number of pyridine rings is 2. The fraction of sp³-hybridized carbons (Fsp3) is 0.269. The third kappa shape index (κ3) is 4.36. The normalized spacial score (nSPS) is 14.0. The van der Waals surface area contributed by atoms with Gasteiger partial charge in [-0.1, -0.05) is 23.2 Å². The first-order valence-corrected chi connectivity index (χ1v) is 12.4. The summed E-state index contributed by atoms with van der Waals surface area (Å²) < 4.78 is 35.7. The van der Waals surface area contributed by atoms with E-state index in [1.54, 1.807) is 36.7 Å². The maximum absolute atomic E-state index is 15.5. The van der Waals surface area contributed by atoms with E-state index in [0.717, 1.165) is 5.69 Å². The van der Waals surface area contributed by atoms with E-state index >= 15 is 4.39 Å². The lowest BCUT2D eigenvalue weighted by molar-refractivity contribution is 0.0524. The lowest BCUT2D eigenvalue weighted by atomic mass is 10.0. The molecule has 1 fully saturated rings. The second-order valence-electron chi connectivity index (χ2n) is 8.71. The Kier molecular flexibility index (Phi) is 6.68. The number of piperazine rings is 1. The van der Waals surface area contributed by atoms with Crippen molar-refractivity contribution in [2.24, 2.45) is 7.05 Å². The number of anilines is 2. The fourth-order valence-electron chi connectivity index (χ4n) is 4.68. The molecule has 0 radical (unpaired) electrons. The van der Waals surface area contributed by atoms with E-state index in [-0.39, 0.29) is 38.5 Å². The van der Waals surface area contributed by atoms with Crippen LogP contribution < -0.4 is 15.2 Å². The van der Waals surface area contributed by atoms with E-state index in [9.17, 15) is 14.0 Å². The van der Waals surface area contributed by atoms with Crippen molar-refractivity contribution in [3.63, 3.8) is 0 Å². The van der Waals surface area contributed by atoms with Gasteiger partial charge >= 0.3 is 5.97 Å². The number of carbonyl (C=O) groups is 1. The van der Waals surface area contributed by atoms with Crippen molar-refractivity contribution in [1.82, 2.24) is 9.55 Å². The zero-order valence-electron chi connectivity index (χ0n) is 20.0. The molecule has 0 unspecified atom stereocenters. The summed E-state index contributed by atoms with van der Waals surface area (Å²) in [6, 6.07) is 6.21. The molecule has 0 spiro atoms. The summed E-state index contributed by atoms with van der Waals surface area (Å²) in [6.07, 6.45) is 2.78. The summed E-state index contributed by atoms with van der Waals surface area (Å²) in [7, 11) is 1.67. The molecule has 0 bridgehead atoms. The molecular formula is C26H22Cl2F2N4O3. The Bertz CT molecular complexity index is 1620. The van der Waals surface area contributed by atoms with Gasteiger partial charge in [0.25, 0.3) is 0 Å². The van der Waals surface area contributed by atoms with E-state index < -0.39 is 23.0 Å². The Morgan fingerprint density at radius 3 is 2.49 bits per heavy atom. The Balaban J connectivity index is 1.58. The molecule has 0 aliphatic carbocycles. The number of hydrogen-bond donors (Lipinski definition) is 0. The maximum atomic E-state index is 15.5. The number of aromatic nitrogens is 2. The number of esters is 1. The van der Waals surface area contributed by atoms with Gasteiger partial charge in [0, 0.05) is 50.5 Å². The number of benzene rings is 2. The van der Waals surface area contributed by atoms with Gasteiger partial charge in [-0.3, -0.25) is 9.78 Å². The van der Waals surface area contributed by atoms with Gasteiger partial charge < -0.3 is 19.1 Å². The summed E-state index contributed by atoms with van der Waals surface area (Å²) in [6.45, 7) is 3.85. The van der Waals surface area contributed by atoms with Gasteiger partial charge in [0.1, 0.15) is 21.9 Å². The quantitative estimate of drug-likeness (QED) is 0.259. The van der Waals surface area contributed by atoms with Crippen molar-refractivity contribution in [2.45, 2.75) is 6.92 Å². The first-order chi connectivity index (χ1) is 17.7. The van der Waals surface area contributed by atoms with Gasteiger partial charge in [-0.05, 0) is 31.2 Å². The molecule has 37 heavy (non-hydrogen) atoms. The van der Waals surface area contributed by atoms with Crippen molar-refractivity contribution in [3.05, 3.63) is 74.1 Å². The van der Waals surface area contributed by atoms with Gasteiger partial charge in [0.15, 0.2) is 5.82 Å². The van der Waals surface area contributed by atoms with Crippen LogP contribution in [0.2, 0.25) is 10.0 Å². The van der Waals surface area contributed by atoms with E-state index in [4.69, 9.17) is 27.9 Å². The van der Waals surface area contributed by atoms with Crippen molar-refractivity contribution >= 4 is 62.4 Å². The first kappa shape index (κ1) is 25.2. The molecule has 0 N–H and O–H groups in total. The Labute approximate surface area is 220 Å². The summed E-state index contributed by atoms with van der Waals surface area (Å²) in [5.41, 5.74) is 0.876. The van der Waals surface area contributed by atoms with Crippen LogP contribution in [0.4, 0.5) is 20.2 Å². The molecule has 11 heteroatoms. The van der Waals surface area contributed by atoms with Crippen molar-refractivity contribution < 1.29 is 18.3 Å². The van der Waals surface area contributed by atoms with Crippen molar-refractivity contribution in [1.29, 1.82) is 0 Å². The number of hydrogen-bond acceptors (Lipinski definition) is 6. The minimum atomic E-state index is -0.748. The molecule has 1 saturated heterocycles. The van der Waals surface area contributed by atoms with E-state index in [1.807, 2.05) is 9.80 Å². The highest BCUT2D eigenvalue weighted by Crippen LogP contribution is 2.37. The zero-order valence-corrected chi connectivity index (χ0v) is 21.5. The number of fused-ring (bicyclic) bond motifs is 3. The van der Waals surface area contributed by atoms with Gasteiger partial charge in [0.05, 0.1) is 34.4 Å². The molecule has 1 aliphatic rings. The number of halogens is 4. The molecule has 4 aromatic rings. The van der Waals surface area contributed by atoms with Gasteiger partial charge in [-0.15, -0.1) is 0 Å². The second kappa shape index (κ2) is 9.79. The van der Waals surface area contributed by atoms with Gasteiger partial charge in [0.2, 0.25) is 5.43 Å². The number of carbonyl (C=O) groups excluding carboxylic acids is 1. The fourth-order valence-corrected chi connectivity index (χ4v) is 5.12. The van der Waals surface area contributed by atoms with Crippen LogP contribution >= 0.6 is 23.2 Å². The molecule has 0 atom stereocenters. The molecule has 5 rings (SSSR count). The highest BCUT2D eigenvalue weighted by atomic mass is 35.5. The van der Waals surface area contributed by atoms with Crippen LogP contribution in [0.1, 0.15) is 17.3 Å². The molecule has 7 nitrogen and oxygen atoms in total. The van der Waals surface area contributed by atoms with Crippen molar-refractivity contribution in [2.75, 3.05) is 42.6 Å². The predicted molar refractivity (Wildman–Crippen MR) is 141 cm³/mol. The lowest BCUT2D eigenvalue weighted by Crippen LogP contribution is -2.46. The van der Waals surface area contributed by atoms with E-state index in [0.29, 0.717) is 37.4 Å². The third-order valence-electron chi connectivity index (χ3n) is 6.56. The van der Waals surface area contributed by atoms with Gasteiger partial charge in [-0.2, -0.15) is 0 Å². The van der Waals surface area contributed by atoms with Crippen LogP contribution in [-0.2, 0) is 11.8 Å². The number of ether oxygens (including phenoxy) is 1. The highest BCUT2D eigenvalue weighted by Gasteiger charge is 2.25. The second-order valence-corrected chi connectivity index (χ2v) is 9.50. The smallest absolute Gasteiger partial charge is 0.343 e. The topological polar surface area (TPSA) is 67.7 Å². The SMILES string of the molecule is CCOC(=O)c1cn(C)c2cnc3c(F)c(Cl)c(N4CCN(c5ccc(F)c(Cl)c5)CC4)cc3c2c1=O. The van der Waals surface area contributed by atoms with Crippen LogP contribution in [0.5, 0.6) is 0 Å². The molecule has 2 aromatic carbocycles. The Morgan fingerprint density at radius 2 is 1.81 bits per heavy atom. The van der Waals surface area contributed by atoms with E-state index in [2.05, 4.69) is 4.98 Å². The van der Waals surface area contributed by atoms with Crippen LogP contribution in [0.25, 0.3) is 21.8 Å². The minimum absolute atomic E-state index is 0.0442. The highest BCUT2D eigenvalue weighted by molar-refractivity contribution is 6.34. The Morgan fingerprint density at radius 1 is 1.11 bits per heavy atom. The summed E-state index contributed by atoms with van der Waals surface area (Å²) >= 11 is 12.4. The molecular weight excluding hydrogens is 525 g/mol. The average Bonchev–Trinajstić information content (AvgIpc) is 2.89. The Hall–Kier alpha value is -3.43. The maximum Gasteiger partial charge on any atom is 0.343 e. The molecule has 3 heterocycles. The third-order valence-corrected chi connectivity index (χ3v) is 7.21. The summed E-state index contributed by atoms with van der Waals surface area (Å²) in [4.78, 5) is 34.0.